The molecule has 2 heterocycles. The minimum Gasteiger partial charge on any atom is -0.493 e. The number of morpholine rings is 1. The van der Waals surface area contributed by atoms with Crippen molar-refractivity contribution in [3.63, 3.8) is 0 Å². The van der Waals surface area contributed by atoms with Gasteiger partial charge in [0, 0.05) is 31.7 Å². The van der Waals surface area contributed by atoms with Crippen LogP contribution in [0.2, 0.25) is 0 Å². The van der Waals surface area contributed by atoms with E-state index < -0.39 is 0 Å². The molecule has 0 atom stereocenters. The second-order valence-corrected chi connectivity index (χ2v) is 8.80. The lowest BCUT2D eigenvalue weighted by Crippen LogP contribution is -2.35. The lowest BCUT2D eigenvalue weighted by molar-refractivity contribution is 0.0342. The van der Waals surface area contributed by atoms with Crippen molar-refractivity contribution in [1.82, 2.24) is 14.0 Å². The van der Waals surface area contributed by atoms with E-state index in [0.717, 1.165) is 49.5 Å². The molecule has 0 radical (unpaired) electrons. The van der Waals surface area contributed by atoms with Crippen LogP contribution in [0, 0.1) is 11.7 Å². The van der Waals surface area contributed by atoms with Crippen molar-refractivity contribution >= 4 is 0 Å². The van der Waals surface area contributed by atoms with Crippen LogP contribution in [0.5, 0.6) is 5.88 Å². The molecule has 4 rings (SSSR count). The molecule has 7 heteroatoms. The summed E-state index contributed by atoms with van der Waals surface area (Å²) in [5.74, 6) is -0.0301. The molecule has 3 aromatic rings. The molecule has 1 aliphatic rings. The topological polar surface area (TPSA) is 59.6 Å². The fourth-order valence-electron chi connectivity index (χ4n) is 4.06. The second-order valence-electron chi connectivity index (χ2n) is 8.80. The fourth-order valence-corrected chi connectivity index (χ4v) is 4.06. The Morgan fingerprint density at radius 1 is 1.03 bits per heavy atom. The van der Waals surface area contributed by atoms with Crippen LogP contribution in [0.25, 0.3) is 11.1 Å². The first-order valence-corrected chi connectivity index (χ1v) is 11.1. The normalized spacial score (nSPS) is 14.9. The maximum Gasteiger partial charge on any atom is 0.331 e. The van der Waals surface area contributed by atoms with E-state index in [4.69, 9.17) is 4.74 Å². The van der Waals surface area contributed by atoms with E-state index in [2.05, 4.69) is 4.90 Å². The molecular weight excluding hydrogens is 409 g/mol. The monoisotopic (exact) mass is 439 g/mol. The first-order chi connectivity index (χ1) is 15.4. The molecule has 1 aliphatic heterocycles. The van der Waals surface area contributed by atoms with Gasteiger partial charge >= 0.3 is 5.69 Å². The van der Waals surface area contributed by atoms with Crippen LogP contribution in [-0.4, -0.2) is 45.4 Å². The highest BCUT2D eigenvalue weighted by molar-refractivity contribution is 5.65. The third-order valence-electron chi connectivity index (χ3n) is 5.73. The Kier molecular flexibility index (Phi) is 6.77. The van der Waals surface area contributed by atoms with Gasteiger partial charge in [-0.1, -0.05) is 44.2 Å². The van der Waals surface area contributed by atoms with Gasteiger partial charge in [0.2, 0.25) is 5.88 Å². The standard InChI is InChI=1S/C25H30FN3O3/c1-18(2)14-29-24(30)17-28(25(29)31)16-19-3-6-21(7-4-19)22-13-20(5-8-23(22)26)15-27-9-11-32-12-10-27/h3-8,13,17-18,30H,9-12,14-16H2,1-2H3. The van der Waals surface area contributed by atoms with Gasteiger partial charge in [0.25, 0.3) is 0 Å². The van der Waals surface area contributed by atoms with Gasteiger partial charge in [-0.25, -0.2) is 9.18 Å². The number of halogens is 1. The first-order valence-electron chi connectivity index (χ1n) is 11.1. The molecule has 1 N–H and O–H groups in total. The van der Waals surface area contributed by atoms with E-state index >= 15 is 0 Å². The average Bonchev–Trinajstić information content (AvgIpc) is 3.03. The van der Waals surface area contributed by atoms with E-state index in [-0.39, 0.29) is 23.3 Å². The molecule has 6 nitrogen and oxygen atoms in total. The molecule has 32 heavy (non-hydrogen) atoms. The third kappa shape index (κ3) is 5.11. The number of rotatable bonds is 7. The van der Waals surface area contributed by atoms with Crippen LogP contribution in [0.3, 0.4) is 0 Å². The summed E-state index contributed by atoms with van der Waals surface area (Å²) >= 11 is 0. The Hall–Kier alpha value is -2.90. The fraction of sp³-hybridized carbons (Fsp3) is 0.400. The van der Waals surface area contributed by atoms with Crippen LogP contribution in [0.15, 0.2) is 53.5 Å². The quantitative estimate of drug-likeness (QED) is 0.610. The Bertz CT molecular complexity index is 1110. The van der Waals surface area contributed by atoms with Crippen LogP contribution in [0.4, 0.5) is 4.39 Å². The van der Waals surface area contributed by atoms with Gasteiger partial charge in [0.05, 0.1) is 26.0 Å². The molecule has 0 aliphatic carbocycles. The molecule has 0 saturated carbocycles. The number of hydrogen-bond donors (Lipinski definition) is 1. The summed E-state index contributed by atoms with van der Waals surface area (Å²) in [5, 5.41) is 10.1. The van der Waals surface area contributed by atoms with Crippen molar-refractivity contribution in [2.75, 3.05) is 26.3 Å². The Morgan fingerprint density at radius 3 is 2.41 bits per heavy atom. The van der Waals surface area contributed by atoms with Crippen LogP contribution >= 0.6 is 0 Å². The minimum atomic E-state index is -0.254. The lowest BCUT2D eigenvalue weighted by atomic mass is 10.0. The highest BCUT2D eigenvalue weighted by Gasteiger charge is 2.14. The van der Waals surface area contributed by atoms with Crippen molar-refractivity contribution in [3.05, 3.63) is 76.1 Å². The summed E-state index contributed by atoms with van der Waals surface area (Å²) in [7, 11) is 0. The molecule has 1 aromatic heterocycles. The summed E-state index contributed by atoms with van der Waals surface area (Å²) in [5.41, 5.74) is 3.10. The molecule has 170 valence electrons. The summed E-state index contributed by atoms with van der Waals surface area (Å²) < 4.78 is 22.9. The van der Waals surface area contributed by atoms with Crippen LogP contribution in [0.1, 0.15) is 25.0 Å². The number of nitrogens with zero attached hydrogens (tertiary/aromatic N) is 3. The lowest BCUT2D eigenvalue weighted by Gasteiger charge is -2.26. The maximum atomic E-state index is 14.6. The van der Waals surface area contributed by atoms with E-state index in [9.17, 15) is 14.3 Å². The molecule has 0 spiro atoms. The Balaban J connectivity index is 1.50. The zero-order valence-corrected chi connectivity index (χ0v) is 18.6. The van der Waals surface area contributed by atoms with Crippen molar-refractivity contribution in [3.8, 4) is 17.0 Å². The van der Waals surface area contributed by atoms with Crippen LogP contribution < -0.4 is 5.69 Å². The number of benzene rings is 2. The van der Waals surface area contributed by atoms with Gasteiger partial charge in [0.1, 0.15) is 5.82 Å². The van der Waals surface area contributed by atoms with Gasteiger partial charge in [-0.3, -0.25) is 14.0 Å². The Morgan fingerprint density at radius 2 is 1.72 bits per heavy atom. The zero-order valence-electron chi connectivity index (χ0n) is 18.6. The summed E-state index contributed by atoms with van der Waals surface area (Å²) in [6.45, 7) is 8.81. The number of ether oxygens (including phenoxy) is 1. The predicted octanol–water partition coefficient (Wildman–Crippen LogP) is 3.70. The smallest absolute Gasteiger partial charge is 0.331 e. The molecule has 0 amide bonds. The molecule has 0 bridgehead atoms. The maximum absolute atomic E-state index is 14.6. The van der Waals surface area contributed by atoms with E-state index in [1.54, 1.807) is 0 Å². The molecule has 0 unspecified atom stereocenters. The van der Waals surface area contributed by atoms with E-state index in [0.29, 0.717) is 18.7 Å². The zero-order chi connectivity index (χ0) is 22.7. The van der Waals surface area contributed by atoms with Crippen molar-refractivity contribution in [2.45, 2.75) is 33.5 Å². The third-order valence-corrected chi connectivity index (χ3v) is 5.73. The van der Waals surface area contributed by atoms with Gasteiger partial charge in [-0.05, 0) is 34.7 Å². The van der Waals surface area contributed by atoms with Crippen molar-refractivity contribution in [1.29, 1.82) is 0 Å². The molecular formula is C25H30FN3O3. The van der Waals surface area contributed by atoms with Gasteiger partial charge in [-0.2, -0.15) is 0 Å². The average molecular weight is 440 g/mol. The first kappa shape index (κ1) is 22.3. The summed E-state index contributed by atoms with van der Waals surface area (Å²) in [6.07, 6.45) is 1.47. The van der Waals surface area contributed by atoms with Gasteiger partial charge in [0.15, 0.2) is 0 Å². The largest absolute Gasteiger partial charge is 0.493 e. The van der Waals surface area contributed by atoms with Crippen LogP contribution in [-0.2, 0) is 24.4 Å². The highest BCUT2D eigenvalue weighted by atomic mass is 19.1. The van der Waals surface area contributed by atoms with E-state index in [1.165, 1.54) is 21.4 Å². The molecule has 2 aromatic carbocycles. The Labute approximate surface area is 187 Å². The van der Waals surface area contributed by atoms with Crippen molar-refractivity contribution < 1.29 is 14.2 Å². The number of imidazole rings is 1. The number of aromatic nitrogens is 2. The van der Waals surface area contributed by atoms with Gasteiger partial charge in [-0.15, -0.1) is 0 Å². The van der Waals surface area contributed by atoms with E-state index in [1.807, 2.05) is 50.2 Å². The highest BCUT2D eigenvalue weighted by Crippen LogP contribution is 2.25. The number of hydrogen-bond acceptors (Lipinski definition) is 4. The molecule has 1 fully saturated rings. The van der Waals surface area contributed by atoms with Crippen molar-refractivity contribution in [2.24, 2.45) is 5.92 Å². The second kappa shape index (κ2) is 9.71. The SMILES string of the molecule is CC(C)Cn1c(O)cn(Cc2ccc(-c3cc(CN4CCOCC4)ccc3F)cc2)c1=O. The van der Waals surface area contributed by atoms with Gasteiger partial charge < -0.3 is 9.84 Å². The molecule has 1 saturated heterocycles. The summed E-state index contributed by atoms with van der Waals surface area (Å²) in [4.78, 5) is 14.9. The predicted molar refractivity (Wildman–Crippen MR) is 122 cm³/mol. The number of aromatic hydroxyl groups is 1. The summed E-state index contributed by atoms with van der Waals surface area (Å²) in [6, 6.07) is 12.8. The minimum absolute atomic E-state index is 0.0283.